The van der Waals surface area contributed by atoms with Crippen LogP contribution >= 0.6 is 23.2 Å². The quantitative estimate of drug-likeness (QED) is 0.784. The first-order valence-corrected chi connectivity index (χ1v) is 10.5. The molecule has 2 aliphatic rings. The van der Waals surface area contributed by atoms with Gasteiger partial charge in [-0.3, -0.25) is 9.48 Å². The van der Waals surface area contributed by atoms with Gasteiger partial charge in [-0.25, -0.2) is 4.79 Å². The first-order chi connectivity index (χ1) is 14.0. The van der Waals surface area contributed by atoms with E-state index in [1.165, 1.54) is 0 Å². The summed E-state index contributed by atoms with van der Waals surface area (Å²) >= 11 is 12.0. The molecule has 7 nitrogen and oxygen atoms in total. The van der Waals surface area contributed by atoms with Gasteiger partial charge in [0.15, 0.2) is 5.69 Å². The van der Waals surface area contributed by atoms with Crippen molar-refractivity contribution in [3.05, 3.63) is 51.3 Å². The van der Waals surface area contributed by atoms with Gasteiger partial charge < -0.3 is 15.0 Å². The van der Waals surface area contributed by atoms with Crippen LogP contribution in [0.5, 0.6) is 0 Å². The molecule has 1 aliphatic heterocycles. The molecule has 1 fully saturated rings. The highest BCUT2D eigenvalue weighted by Gasteiger charge is 2.25. The molecule has 1 aliphatic carbocycles. The summed E-state index contributed by atoms with van der Waals surface area (Å²) in [6, 6.07) is 7.08. The number of carbonyl (C=O) groups is 2. The van der Waals surface area contributed by atoms with Gasteiger partial charge in [-0.15, -0.1) is 0 Å². The van der Waals surface area contributed by atoms with Gasteiger partial charge in [0, 0.05) is 29.2 Å². The molecule has 1 N–H and O–H groups in total. The van der Waals surface area contributed by atoms with E-state index in [0.717, 1.165) is 36.9 Å². The van der Waals surface area contributed by atoms with E-state index in [1.807, 2.05) is 0 Å². The number of benzene rings is 1. The van der Waals surface area contributed by atoms with Gasteiger partial charge >= 0.3 is 6.09 Å². The molecular weight excluding hydrogens is 415 g/mol. The normalized spacial score (nSPS) is 16.6. The lowest BCUT2D eigenvalue weighted by Gasteiger charge is -2.25. The molecule has 4 rings (SSSR count). The van der Waals surface area contributed by atoms with Gasteiger partial charge in [0.25, 0.3) is 5.91 Å². The van der Waals surface area contributed by atoms with Crippen molar-refractivity contribution in [3.63, 3.8) is 0 Å². The Bertz CT molecular complexity index is 906. The zero-order valence-electron chi connectivity index (χ0n) is 15.9. The van der Waals surface area contributed by atoms with Crippen LogP contribution in [0.15, 0.2) is 24.3 Å². The highest BCUT2D eigenvalue weighted by molar-refractivity contribution is 6.34. The SMILES string of the molecule is O=C(NC1CCC1)c1cc2n(n1)CCCN(C(=O)OCc1cc(Cl)cc(Cl)c1)C2. The Kier molecular flexibility index (Phi) is 5.96. The lowest BCUT2D eigenvalue weighted by atomic mass is 9.93. The maximum Gasteiger partial charge on any atom is 0.410 e. The summed E-state index contributed by atoms with van der Waals surface area (Å²) in [6.07, 6.45) is 3.52. The Hall–Kier alpha value is -2.25. The summed E-state index contributed by atoms with van der Waals surface area (Å²) in [6.45, 7) is 1.64. The van der Waals surface area contributed by atoms with Gasteiger partial charge in [-0.1, -0.05) is 23.2 Å². The molecule has 2 amide bonds. The molecular formula is C20H22Cl2N4O3. The van der Waals surface area contributed by atoms with Crippen molar-refractivity contribution in [2.75, 3.05) is 6.54 Å². The molecule has 0 saturated heterocycles. The van der Waals surface area contributed by atoms with Crippen molar-refractivity contribution in [2.24, 2.45) is 0 Å². The molecule has 9 heteroatoms. The van der Waals surface area contributed by atoms with Crippen molar-refractivity contribution < 1.29 is 14.3 Å². The third kappa shape index (κ3) is 4.85. The van der Waals surface area contributed by atoms with E-state index in [1.54, 1.807) is 33.8 Å². The van der Waals surface area contributed by atoms with Crippen LogP contribution in [0.25, 0.3) is 0 Å². The zero-order chi connectivity index (χ0) is 20.4. The fraction of sp³-hybridized carbons (Fsp3) is 0.450. The average molecular weight is 437 g/mol. The summed E-state index contributed by atoms with van der Waals surface area (Å²) < 4.78 is 7.24. The number of carbonyl (C=O) groups excluding carboxylic acids is 2. The van der Waals surface area contributed by atoms with Crippen LogP contribution in [0.3, 0.4) is 0 Å². The number of aryl methyl sites for hydroxylation is 1. The number of hydrogen-bond acceptors (Lipinski definition) is 4. The maximum atomic E-state index is 12.6. The Balaban J connectivity index is 1.38. The van der Waals surface area contributed by atoms with E-state index in [0.29, 0.717) is 35.4 Å². The lowest BCUT2D eigenvalue weighted by molar-refractivity contribution is 0.0910. The Labute approximate surface area is 178 Å². The van der Waals surface area contributed by atoms with Crippen molar-refractivity contribution in [1.29, 1.82) is 0 Å². The van der Waals surface area contributed by atoms with Crippen LogP contribution in [0.1, 0.15) is 47.4 Å². The van der Waals surface area contributed by atoms with Crippen LogP contribution in [-0.2, 0) is 24.4 Å². The Morgan fingerprint density at radius 3 is 2.55 bits per heavy atom. The predicted molar refractivity (Wildman–Crippen MR) is 109 cm³/mol. The fourth-order valence-electron chi connectivity index (χ4n) is 3.47. The average Bonchev–Trinajstić information content (AvgIpc) is 2.93. The van der Waals surface area contributed by atoms with E-state index in [-0.39, 0.29) is 18.6 Å². The van der Waals surface area contributed by atoms with Crippen molar-refractivity contribution in [1.82, 2.24) is 20.0 Å². The number of rotatable bonds is 4. The summed E-state index contributed by atoms with van der Waals surface area (Å²) in [4.78, 5) is 26.6. The molecule has 1 aromatic heterocycles. The molecule has 2 aromatic rings. The predicted octanol–water partition coefficient (Wildman–Crippen LogP) is 4.01. The minimum absolute atomic E-state index is 0.0872. The number of amides is 2. The topological polar surface area (TPSA) is 76.5 Å². The molecule has 0 unspecified atom stereocenters. The second-order valence-electron chi connectivity index (χ2n) is 7.45. The second-order valence-corrected chi connectivity index (χ2v) is 8.33. The number of fused-ring (bicyclic) bond motifs is 1. The van der Waals surface area contributed by atoms with Crippen molar-refractivity contribution in [2.45, 2.75) is 51.4 Å². The van der Waals surface area contributed by atoms with Crippen LogP contribution in [0.4, 0.5) is 4.79 Å². The molecule has 0 bridgehead atoms. The molecule has 0 spiro atoms. The summed E-state index contributed by atoms with van der Waals surface area (Å²) in [5, 5.41) is 8.41. The van der Waals surface area contributed by atoms with Gasteiger partial charge in [-0.2, -0.15) is 5.10 Å². The van der Waals surface area contributed by atoms with Gasteiger partial charge in [0.1, 0.15) is 6.61 Å². The Morgan fingerprint density at radius 2 is 1.86 bits per heavy atom. The smallest absolute Gasteiger partial charge is 0.410 e. The minimum Gasteiger partial charge on any atom is -0.445 e. The zero-order valence-corrected chi connectivity index (χ0v) is 17.4. The second kappa shape index (κ2) is 8.63. The van der Waals surface area contributed by atoms with E-state index in [4.69, 9.17) is 27.9 Å². The lowest BCUT2D eigenvalue weighted by Crippen LogP contribution is -2.39. The standard InChI is InChI=1S/C20H22Cl2N4O3/c21-14-7-13(8-15(22)9-14)12-29-20(28)25-5-2-6-26-17(11-25)10-18(24-26)19(27)23-16-3-1-4-16/h7-10,16H,1-6,11-12H2,(H,23,27). The molecule has 1 aromatic carbocycles. The largest absolute Gasteiger partial charge is 0.445 e. The Morgan fingerprint density at radius 1 is 1.10 bits per heavy atom. The number of nitrogens with one attached hydrogen (secondary N) is 1. The first kappa shape index (κ1) is 20.0. The maximum absolute atomic E-state index is 12.6. The van der Waals surface area contributed by atoms with E-state index in [9.17, 15) is 9.59 Å². The molecule has 29 heavy (non-hydrogen) atoms. The highest BCUT2D eigenvalue weighted by Crippen LogP contribution is 2.21. The molecule has 0 radical (unpaired) electrons. The summed E-state index contributed by atoms with van der Waals surface area (Å²) in [5.41, 5.74) is 1.95. The first-order valence-electron chi connectivity index (χ1n) is 9.72. The van der Waals surface area contributed by atoms with E-state index < -0.39 is 6.09 Å². The molecule has 0 atom stereocenters. The number of hydrogen-bond donors (Lipinski definition) is 1. The van der Waals surface area contributed by atoms with Gasteiger partial charge in [0.2, 0.25) is 0 Å². The molecule has 1 saturated carbocycles. The third-order valence-electron chi connectivity index (χ3n) is 5.23. The van der Waals surface area contributed by atoms with E-state index in [2.05, 4.69) is 10.4 Å². The van der Waals surface area contributed by atoms with Crippen molar-refractivity contribution in [3.8, 4) is 0 Å². The number of ether oxygens (including phenoxy) is 1. The summed E-state index contributed by atoms with van der Waals surface area (Å²) in [7, 11) is 0. The van der Waals surface area contributed by atoms with Gasteiger partial charge in [0.05, 0.1) is 12.2 Å². The van der Waals surface area contributed by atoms with Crippen LogP contribution in [-0.4, -0.2) is 39.3 Å². The monoisotopic (exact) mass is 436 g/mol. The molecule has 154 valence electrons. The van der Waals surface area contributed by atoms with Crippen LogP contribution in [0.2, 0.25) is 10.0 Å². The van der Waals surface area contributed by atoms with E-state index >= 15 is 0 Å². The third-order valence-corrected chi connectivity index (χ3v) is 5.67. The van der Waals surface area contributed by atoms with Gasteiger partial charge in [-0.05, 0) is 55.5 Å². The van der Waals surface area contributed by atoms with Crippen molar-refractivity contribution >= 4 is 35.2 Å². The minimum atomic E-state index is -0.420. The fourth-order valence-corrected chi connectivity index (χ4v) is 4.04. The van der Waals surface area contributed by atoms with Crippen LogP contribution < -0.4 is 5.32 Å². The summed E-state index contributed by atoms with van der Waals surface area (Å²) in [5.74, 6) is -0.151. The highest BCUT2D eigenvalue weighted by atomic mass is 35.5. The van der Waals surface area contributed by atoms with Crippen LogP contribution in [0, 0.1) is 0 Å². The number of aromatic nitrogens is 2. The molecule has 2 heterocycles. The number of halogens is 2. The number of nitrogens with zero attached hydrogens (tertiary/aromatic N) is 3.